The molecule has 0 radical (unpaired) electrons. The Labute approximate surface area is 116 Å². The van der Waals surface area contributed by atoms with Crippen molar-refractivity contribution in [1.29, 1.82) is 0 Å². The number of rotatable bonds is 5. The van der Waals surface area contributed by atoms with E-state index < -0.39 is 24.3 Å². The Morgan fingerprint density at radius 1 is 1.35 bits per heavy atom. The van der Waals surface area contributed by atoms with Crippen molar-refractivity contribution in [2.24, 2.45) is 5.92 Å². The molecule has 0 saturated heterocycles. The molecule has 1 amide bonds. The van der Waals surface area contributed by atoms with Gasteiger partial charge in [0.15, 0.2) is 6.61 Å². The van der Waals surface area contributed by atoms with E-state index in [4.69, 9.17) is 4.74 Å². The molecule has 4 nitrogen and oxygen atoms in total. The van der Waals surface area contributed by atoms with Gasteiger partial charge in [-0.3, -0.25) is 9.59 Å². The molecule has 0 bridgehead atoms. The van der Waals surface area contributed by atoms with Crippen LogP contribution in [0, 0.1) is 11.7 Å². The van der Waals surface area contributed by atoms with E-state index in [0.717, 1.165) is 12.8 Å². The van der Waals surface area contributed by atoms with Crippen LogP contribution in [0.2, 0.25) is 0 Å². The number of hydrogen-bond donors (Lipinski definition) is 1. The van der Waals surface area contributed by atoms with Gasteiger partial charge < -0.3 is 10.1 Å². The average molecular weight is 277 g/mol. The standard InChI is InChI=1S/C15H16FNO3/c16-12-7-3-4-8-13(12)17-14(18)10-20-15(19)9-11-5-1-2-6-11/h1,3-5,7-8,11H,2,6,9-10H2,(H,17,18)/t11-/m0/s1. The number of hydrogen-bond acceptors (Lipinski definition) is 3. The molecule has 0 fully saturated rings. The van der Waals surface area contributed by atoms with Gasteiger partial charge in [-0.1, -0.05) is 24.3 Å². The summed E-state index contributed by atoms with van der Waals surface area (Å²) in [6.07, 6.45) is 6.22. The van der Waals surface area contributed by atoms with Crippen molar-refractivity contribution in [3.05, 3.63) is 42.2 Å². The lowest BCUT2D eigenvalue weighted by Gasteiger charge is -2.09. The Kier molecular flexibility index (Phi) is 4.87. The molecular formula is C15H16FNO3. The number of amides is 1. The second-order valence-electron chi connectivity index (χ2n) is 4.66. The summed E-state index contributed by atoms with van der Waals surface area (Å²) in [5.74, 6) is -1.28. The van der Waals surface area contributed by atoms with Gasteiger partial charge in [-0.2, -0.15) is 0 Å². The summed E-state index contributed by atoms with van der Waals surface area (Å²) in [6, 6.07) is 5.82. The Morgan fingerprint density at radius 2 is 2.15 bits per heavy atom. The molecule has 0 aromatic heterocycles. The number of allylic oxidation sites excluding steroid dienone is 2. The zero-order chi connectivity index (χ0) is 14.4. The summed E-state index contributed by atoms with van der Waals surface area (Å²) >= 11 is 0. The highest BCUT2D eigenvalue weighted by molar-refractivity contribution is 5.92. The topological polar surface area (TPSA) is 55.4 Å². The van der Waals surface area contributed by atoms with Gasteiger partial charge >= 0.3 is 5.97 Å². The molecular weight excluding hydrogens is 261 g/mol. The first-order chi connectivity index (χ1) is 9.65. The van der Waals surface area contributed by atoms with E-state index in [1.807, 2.05) is 12.2 Å². The fourth-order valence-electron chi connectivity index (χ4n) is 2.03. The Hall–Kier alpha value is -2.17. The largest absolute Gasteiger partial charge is 0.456 e. The number of halogens is 1. The van der Waals surface area contributed by atoms with E-state index in [-0.39, 0.29) is 18.0 Å². The third-order valence-electron chi connectivity index (χ3n) is 3.05. The minimum absolute atomic E-state index is 0.0762. The lowest BCUT2D eigenvalue weighted by molar-refractivity contribution is -0.147. The maximum Gasteiger partial charge on any atom is 0.306 e. The van der Waals surface area contributed by atoms with E-state index in [2.05, 4.69) is 5.32 Å². The Morgan fingerprint density at radius 3 is 2.85 bits per heavy atom. The van der Waals surface area contributed by atoms with Crippen molar-refractivity contribution in [3.63, 3.8) is 0 Å². The molecule has 1 aromatic carbocycles. The van der Waals surface area contributed by atoms with Crippen LogP contribution < -0.4 is 5.32 Å². The summed E-state index contributed by atoms with van der Waals surface area (Å²) in [4.78, 5) is 23.1. The van der Waals surface area contributed by atoms with Gasteiger partial charge in [0.25, 0.3) is 5.91 Å². The molecule has 1 aliphatic rings. The van der Waals surface area contributed by atoms with E-state index >= 15 is 0 Å². The van der Waals surface area contributed by atoms with Crippen molar-refractivity contribution in [2.75, 3.05) is 11.9 Å². The zero-order valence-electron chi connectivity index (χ0n) is 11.0. The highest BCUT2D eigenvalue weighted by Gasteiger charge is 2.16. The number of ether oxygens (including phenoxy) is 1. The summed E-state index contributed by atoms with van der Waals surface area (Å²) in [5.41, 5.74) is 0.0762. The van der Waals surface area contributed by atoms with Crippen molar-refractivity contribution in [2.45, 2.75) is 19.3 Å². The Bertz CT molecular complexity index is 528. The molecule has 20 heavy (non-hydrogen) atoms. The van der Waals surface area contributed by atoms with Gasteiger partial charge in [0.1, 0.15) is 5.82 Å². The van der Waals surface area contributed by atoms with Crippen LogP contribution in [-0.2, 0) is 14.3 Å². The normalized spacial score (nSPS) is 16.9. The third kappa shape index (κ3) is 4.19. The van der Waals surface area contributed by atoms with Crippen LogP contribution in [0.25, 0.3) is 0 Å². The molecule has 1 aliphatic carbocycles. The van der Waals surface area contributed by atoms with E-state index in [9.17, 15) is 14.0 Å². The number of benzene rings is 1. The number of carbonyl (C=O) groups excluding carboxylic acids is 2. The molecule has 0 aliphatic heterocycles. The minimum Gasteiger partial charge on any atom is -0.456 e. The van der Waals surface area contributed by atoms with Gasteiger partial charge in [-0.15, -0.1) is 0 Å². The lowest BCUT2D eigenvalue weighted by Crippen LogP contribution is -2.22. The van der Waals surface area contributed by atoms with Crippen LogP contribution in [-0.4, -0.2) is 18.5 Å². The van der Waals surface area contributed by atoms with Crippen LogP contribution in [0.4, 0.5) is 10.1 Å². The smallest absolute Gasteiger partial charge is 0.306 e. The van der Waals surface area contributed by atoms with Gasteiger partial charge in [0.05, 0.1) is 12.1 Å². The maximum atomic E-state index is 13.3. The molecule has 5 heteroatoms. The number of carbonyl (C=O) groups is 2. The number of anilines is 1. The average Bonchev–Trinajstić information content (AvgIpc) is 2.92. The highest BCUT2D eigenvalue weighted by atomic mass is 19.1. The molecule has 0 saturated carbocycles. The number of esters is 1. The van der Waals surface area contributed by atoms with Crippen LogP contribution in [0.3, 0.4) is 0 Å². The van der Waals surface area contributed by atoms with Crippen molar-refractivity contribution < 1.29 is 18.7 Å². The van der Waals surface area contributed by atoms with Crippen LogP contribution in [0.5, 0.6) is 0 Å². The molecule has 0 unspecified atom stereocenters. The van der Waals surface area contributed by atoms with Crippen LogP contribution in [0.1, 0.15) is 19.3 Å². The lowest BCUT2D eigenvalue weighted by atomic mass is 10.1. The molecule has 106 valence electrons. The first-order valence-electron chi connectivity index (χ1n) is 6.52. The van der Waals surface area contributed by atoms with Crippen LogP contribution in [0.15, 0.2) is 36.4 Å². The first kappa shape index (κ1) is 14.2. The summed E-state index contributed by atoms with van der Waals surface area (Å²) in [6.45, 7) is -0.399. The van der Waals surface area contributed by atoms with Gasteiger partial charge in [0.2, 0.25) is 0 Å². The van der Waals surface area contributed by atoms with Gasteiger partial charge in [-0.25, -0.2) is 4.39 Å². The summed E-state index contributed by atoms with van der Waals surface area (Å²) in [5, 5.41) is 2.35. The summed E-state index contributed by atoms with van der Waals surface area (Å²) in [7, 11) is 0. The zero-order valence-corrected chi connectivity index (χ0v) is 11.0. The molecule has 1 atom stereocenters. The highest BCUT2D eigenvalue weighted by Crippen LogP contribution is 2.20. The molecule has 0 spiro atoms. The molecule has 1 N–H and O–H groups in total. The van der Waals surface area contributed by atoms with Gasteiger partial charge in [-0.05, 0) is 30.9 Å². The maximum absolute atomic E-state index is 13.3. The monoisotopic (exact) mass is 277 g/mol. The van der Waals surface area contributed by atoms with E-state index in [1.54, 1.807) is 6.07 Å². The number of para-hydroxylation sites is 1. The Balaban J connectivity index is 1.73. The second-order valence-corrected chi connectivity index (χ2v) is 4.66. The fraction of sp³-hybridized carbons (Fsp3) is 0.333. The van der Waals surface area contributed by atoms with Crippen molar-refractivity contribution >= 4 is 17.6 Å². The molecule has 2 rings (SSSR count). The predicted octanol–water partition coefficient (Wildman–Crippen LogP) is 2.66. The fourth-order valence-corrected chi connectivity index (χ4v) is 2.03. The third-order valence-corrected chi connectivity index (χ3v) is 3.05. The minimum atomic E-state index is -0.551. The van der Waals surface area contributed by atoms with Crippen molar-refractivity contribution in [3.8, 4) is 0 Å². The quantitative estimate of drug-likeness (QED) is 0.665. The SMILES string of the molecule is O=C(COC(=O)C[C@H]1C=CCC1)Nc1ccccc1F. The first-order valence-corrected chi connectivity index (χ1v) is 6.52. The molecule has 1 aromatic rings. The number of nitrogens with one attached hydrogen (secondary N) is 1. The van der Waals surface area contributed by atoms with Crippen molar-refractivity contribution in [1.82, 2.24) is 0 Å². The summed E-state index contributed by atoms with van der Waals surface area (Å²) < 4.78 is 18.2. The van der Waals surface area contributed by atoms with Crippen LogP contribution >= 0.6 is 0 Å². The second kappa shape index (κ2) is 6.84. The van der Waals surface area contributed by atoms with Gasteiger partial charge in [0, 0.05) is 0 Å². The predicted molar refractivity (Wildman–Crippen MR) is 72.5 cm³/mol. The van der Waals surface area contributed by atoms with E-state index in [1.165, 1.54) is 18.2 Å². The molecule has 0 heterocycles. The van der Waals surface area contributed by atoms with E-state index in [0.29, 0.717) is 0 Å².